The van der Waals surface area contributed by atoms with E-state index in [2.05, 4.69) is 19.2 Å². The Balaban J connectivity index is 2.15. The number of hydrogen-bond donors (Lipinski definition) is 2. The van der Waals surface area contributed by atoms with E-state index in [1.165, 1.54) is 25.7 Å². The van der Waals surface area contributed by atoms with Crippen molar-refractivity contribution in [3.05, 3.63) is 0 Å². The highest BCUT2D eigenvalue weighted by atomic mass is 16.4. The lowest BCUT2D eigenvalue weighted by Crippen LogP contribution is -2.35. The van der Waals surface area contributed by atoms with E-state index in [0.29, 0.717) is 11.5 Å². The summed E-state index contributed by atoms with van der Waals surface area (Å²) in [7, 11) is 0. The van der Waals surface area contributed by atoms with E-state index < -0.39 is 5.97 Å². The first-order chi connectivity index (χ1) is 7.02. The monoisotopic (exact) mass is 213 g/mol. The van der Waals surface area contributed by atoms with E-state index in [-0.39, 0.29) is 6.42 Å². The van der Waals surface area contributed by atoms with Gasteiger partial charge in [0.2, 0.25) is 0 Å². The van der Waals surface area contributed by atoms with Gasteiger partial charge in [-0.05, 0) is 31.6 Å². The van der Waals surface area contributed by atoms with Crippen molar-refractivity contribution < 1.29 is 9.90 Å². The molecule has 15 heavy (non-hydrogen) atoms. The van der Waals surface area contributed by atoms with Crippen LogP contribution >= 0.6 is 0 Å². The highest BCUT2D eigenvalue weighted by molar-refractivity contribution is 5.66. The normalized spacial score (nSPS) is 21.5. The fourth-order valence-corrected chi connectivity index (χ4v) is 2.27. The second-order valence-electron chi connectivity index (χ2n) is 5.23. The van der Waals surface area contributed by atoms with Crippen LogP contribution in [-0.4, -0.2) is 23.7 Å². The zero-order valence-corrected chi connectivity index (χ0v) is 9.88. The summed E-state index contributed by atoms with van der Waals surface area (Å²) in [4.78, 5) is 10.4. The molecule has 0 aromatic rings. The molecule has 1 aliphatic carbocycles. The third kappa shape index (κ3) is 4.65. The predicted molar refractivity (Wildman–Crippen MR) is 60.9 cm³/mol. The maximum Gasteiger partial charge on any atom is 0.303 e. The summed E-state index contributed by atoms with van der Waals surface area (Å²) in [6.07, 6.45) is 6.32. The molecule has 0 aromatic heterocycles. The zero-order chi connectivity index (χ0) is 11.3. The zero-order valence-electron chi connectivity index (χ0n) is 9.88. The van der Waals surface area contributed by atoms with Crippen LogP contribution in [-0.2, 0) is 4.79 Å². The Hall–Kier alpha value is -0.570. The lowest BCUT2D eigenvalue weighted by molar-refractivity contribution is -0.137. The van der Waals surface area contributed by atoms with Crippen LogP contribution in [0.25, 0.3) is 0 Å². The first-order valence-corrected chi connectivity index (χ1v) is 5.97. The van der Waals surface area contributed by atoms with E-state index in [4.69, 9.17) is 5.11 Å². The van der Waals surface area contributed by atoms with Gasteiger partial charge in [0.15, 0.2) is 0 Å². The van der Waals surface area contributed by atoms with Crippen LogP contribution in [0.2, 0.25) is 0 Å². The summed E-state index contributed by atoms with van der Waals surface area (Å²) in [6, 6.07) is 0.318. The average Bonchev–Trinajstić information content (AvgIpc) is 2.60. The van der Waals surface area contributed by atoms with Gasteiger partial charge in [0, 0.05) is 19.0 Å². The van der Waals surface area contributed by atoms with Crippen LogP contribution in [0.15, 0.2) is 0 Å². The lowest BCUT2D eigenvalue weighted by Gasteiger charge is -2.26. The third-order valence-corrected chi connectivity index (χ3v) is 3.48. The first-order valence-electron chi connectivity index (χ1n) is 5.97. The number of rotatable bonds is 6. The Morgan fingerprint density at radius 3 is 2.60 bits per heavy atom. The molecule has 0 heterocycles. The molecule has 0 aliphatic heterocycles. The van der Waals surface area contributed by atoms with E-state index in [0.717, 1.165) is 13.0 Å². The number of aliphatic carboxylic acids is 1. The van der Waals surface area contributed by atoms with Crippen LogP contribution in [0.3, 0.4) is 0 Å². The van der Waals surface area contributed by atoms with Gasteiger partial charge in [-0.2, -0.15) is 0 Å². The van der Waals surface area contributed by atoms with Crippen LogP contribution < -0.4 is 5.32 Å². The Bertz CT molecular complexity index is 210. The Labute approximate surface area is 92.3 Å². The van der Waals surface area contributed by atoms with Gasteiger partial charge in [-0.3, -0.25) is 4.79 Å². The van der Waals surface area contributed by atoms with Crippen molar-refractivity contribution >= 4 is 5.97 Å². The molecule has 0 spiro atoms. The first kappa shape index (κ1) is 12.5. The minimum atomic E-state index is -0.698. The van der Waals surface area contributed by atoms with Crippen molar-refractivity contribution in [2.45, 2.75) is 58.4 Å². The highest BCUT2D eigenvalue weighted by Gasteiger charge is 2.28. The van der Waals surface area contributed by atoms with Gasteiger partial charge >= 0.3 is 5.97 Å². The van der Waals surface area contributed by atoms with Crippen molar-refractivity contribution in [2.75, 3.05) is 6.54 Å². The van der Waals surface area contributed by atoms with Crippen LogP contribution in [0.5, 0.6) is 0 Å². The van der Waals surface area contributed by atoms with Gasteiger partial charge < -0.3 is 10.4 Å². The number of carboxylic acid groups (broad SMARTS) is 1. The standard InChI is InChI=1S/C12H23NO2/c1-10(5-6-11(14)15)13-9-12(2)7-3-4-8-12/h10,13H,3-9H2,1-2H3,(H,14,15). The van der Waals surface area contributed by atoms with Crippen molar-refractivity contribution in [3.63, 3.8) is 0 Å². The Morgan fingerprint density at radius 2 is 2.07 bits per heavy atom. The quantitative estimate of drug-likeness (QED) is 0.712. The van der Waals surface area contributed by atoms with Gasteiger partial charge in [0.05, 0.1) is 0 Å². The second kappa shape index (κ2) is 5.50. The molecular weight excluding hydrogens is 190 g/mol. The Kier molecular flexibility index (Phi) is 4.58. The second-order valence-corrected chi connectivity index (χ2v) is 5.23. The number of carboxylic acids is 1. The maximum absolute atomic E-state index is 10.4. The van der Waals surface area contributed by atoms with Crippen LogP contribution in [0, 0.1) is 5.41 Å². The number of hydrogen-bond acceptors (Lipinski definition) is 2. The molecule has 88 valence electrons. The topological polar surface area (TPSA) is 49.3 Å². The smallest absolute Gasteiger partial charge is 0.303 e. The summed E-state index contributed by atoms with van der Waals surface area (Å²) >= 11 is 0. The summed E-state index contributed by atoms with van der Waals surface area (Å²) < 4.78 is 0. The molecule has 1 unspecified atom stereocenters. The molecule has 3 nitrogen and oxygen atoms in total. The van der Waals surface area contributed by atoms with Crippen LogP contribution in [0.4, 0.5) is 0 Å². The molecule has 0 bridgehead atoms. The average molecular weight is 213 g/mol. The largest absolute Gasteiger partial charge is 0.481 e. The van der Waals surface area contributed by atoms with Gasteiger partial charge in [-0.25, -0.2) is 0 Å². The molecule has 0 saturated heterocycles. The van der Waals surface area contributed by atoms with Gasteiger partial charge in [0.1, 0.15) is 0 Å². The fraction of sp³-hybridized carbons (Fsp3) is 0.917. The Morgan fingerprint density at radius 1 is 1.47 bits per heavy atom. The molecule has 1 fully saturated rings. The molecule has 0 radical (unpaired) electrons. The highest BCUT2D eigenvalue weighted by Crippen LogP contribution is 2.36. The fourth-order valence-electron chi connectivity index (χ4n) is 2.27. The minimum Gasteiger partial charge on any atom is -0.481 e. The number of carbonyl (C=O) groups is 1. The molecule has 1 rings (SSSR count). The number of nitrogens with one attached hydrogen (secondary N) is 1. The summed E-state index contributed by atoms with van der Waals surface area (Å²) in [5.41, 5.74) is 0.456. The van der Waals surface area contributed by atoms with Gasteiger partial charge in [0.25, 0.3) is 0 Å². The molecule has 1 saturated carbocycles. The van der Waals surface area contributed by atoms with Crippen LogP contribution in [0.1, 0.15) is 52.4 Å². The molecular formula is C12H23NO2. The summed E-state index contributed by atoms with van der Waals surface area (Å²) in [5, 5.41) is 12.0. The SMILES string of the molecule is CC(CCC(=O)O)NCC1(C)CCCC1. The summed E-state index contributed by atoms with van der Waals surface area (Å²) in [6.45, 7) is 5.44. The predicted octanol–water partition coefficient (Wildman–Crippen LogP) is 2.41. The van der Waals surface area contributed by atoms with E-state index in [1.54, 1.807) is 0 Å². The van der Waals surface area contributed by atoms with Gasteiger partial charge in [-0.15, -0.1) is 0 Å². The van der Waals surface area contributed by atoms with Crippen molar-refractivity contribution in [2.24, 2.45) is 5.41 Å². The summed E-state index contributed by atoms with van der Waals surface area (Å²) in [5.74, 6) is -0.698. The molecule has 3 heteroatoms. The molecule has 2 N–H and O–H groups in total. The van der Waals surface area contributed by atoms with Crippen molar-refractivity contribution in [1.82, 2.24) is 5.32 Å². The molecule has 0 amide bonds. The van der Waals surface area contributed by atoms with E-state index in [1.807, 2.05) is 0 Å². The van der Waals surface area contributed by atoms with Gasteiger partial charge in [-0.1, -0.05) is 19.8 Å². The lowest BCUT2D eigenvalue weighted by atomic mass is 9.88. The molecule has 0 aromatic carbocycles. The minimum absolute atomic E-state index is 0.269. The molecule has 1 atom stereocenters. The van der Waals surface area contributed by atoms with Crippen molar-refractivity contribution in [1.29, 1.82) is 0 Å². The van der Waals surface area contributed by atoms with E-state index >= 15 is 0 Å². The molecule has 1 aliphatic rings. The van der Waals surface area contributed by atoms with Crippen molar-refractivity contribution in [3.8, 4) is 0 Å². The maximum atomic E-state index is 10.4. The van der Waals surface area contributed by atoms with E-state index in [9.17, 15) is 4.79 Å². The third-order valence-electron chi connectivity index (χ3n) is 3.48.